The van der Waals surface area contributed by atoms with Gasteiger partial charge in [0.15, 0.2) is 15.3 Å². The number of hydrogen-bond donors (Lipinski definition) is 0. The van der Waals surface area contributed by atoms with Gasteiger partial charge in [-0.25, -0.2) is 0 Å². The molecule has 0 radical (unpaired) electrons. The van der Waals surface area contributed by atoms with Gasteiger partial charge >= 0.3 is 0 Å². The Bertz CT molecular complexity index is 596. The van der Waals surface area contributed by atoms with Crippen molar-refractivity contribution in [3.63, 3.8) is 0 Å². The Labute approximate surface area is 236 Å². The van der Waals surface area contributed by atoms with E-state index < -0.39 is 0 Å². The lowest BCUT2D eigenvalue weighted by Crippen LogP contribution is -2.25. The minimum Gasteiger partial charge on any atom is -0.487 e. The fourth-order valence-corrected chi connectivity index (χ4v) is 7.04. The number of carbonyl (C=O) groups excluding carboxylic acids is 2. The average Bonchev–Trinajstić information content (AvgIpc) is 2.82. The standard InChI is InChI=1S/C30H54O3S3/c1-25(31)35-22-14-8-5-11-17-29-20-19-28(16-10-4-7-13-21-33-27(3)34)24-30(29)18-12-6-9-15-23-36-26(2)32/h28-30H,4-24H2,1-3H3/t28?,29?,30-/m0/s1. The molecule has 1 fully saturated rings. The lowest BCUT2D eigenvalue weighted by molar-refractivity contribution is -0.109. The first-order chi connectivity index (χ1) is 17.4. The summed E-state index contributed by atoms with van der Waals surface area (Å²) in [4.78, 5) is 22.2. The maximum absolute atomic E-state index is 11.1. The molecule has 0 aliphatic heterocycles. The number of thioether (sulfide) groups is 2. The summed E-state index contributed by atoms with van der Waals surface area (Å²) < 4.78 is 5.41. The molecular formula is C30H54O3S3. The van der Waals surface area contributed by atoms with E-state index in [0.717, 1.165) is 42.3 Å². The van der Waals surface area contributed by atoms with Crippen molar-refractivity contribution in [2.75, 3.05) is 18.1 Å². The van der Waals surface area contributed by atoms with Gasteiger partial charge in [0.1, 0.15) is 0 Å². The molecule has 2 unspecified atom stereocenters. The Morgan fingerprint density at radius 3 is 1.72 bits per heavy atom. The molecule has 0 aromatic rings. The zero-order chi connectivity index (χ0) is 26.4. The first-order valence-corrected chi connectivity index (χ1v) is 17.2. The van der Waals surface area contributed by atoms with Crippen molar-refractivity contribution in [3.8, 4) is 0 Å². The van der Waals surface area contributed by atoms with Crippen molar-refractivity contribution in [1.82, 2.24) is 0 Å². The summed E-state index contributed by atoms with van der Waals surface area (Å²) in [7, 11) is 0. The molecule has 0 aromatic carbocycles. The molecule has 36 heavy (non-hydrogen) atoms. The molecule has 6 heteroatoms. The fraction of sp³-hybridized carbons (Fsp3) is 0.900. The Balaban J connectivity index is 2.31. The van der Waals surface area contributed by atoms with E-state index in [1.165, 1.54) is 133 Å². The van der Waals surface area contributed by atoms with Gasteiger partial charge in [0.25, 0.3) is 0 Å². The highest BCUT2D eigenvalue weighted by Gasteiger charge is 2.29. The van der Waals surface area contributed by atoms with Crippen LogP contribution < -0.4 is 0 Å². The van der Waals surface area contributed by atoms with Crippen LogP contribution in [-0.2, 0) is 14.3 Å². The van der Waals surface area contributed by atoms with Crippen LogP contribution in [0.4, 0.5) is 0 Å². The number of unbranched alkanes of at least 4 members (excludes halogenated alkanes) is 9. The summed E-state index contributed by atoms with van der Waals surface area (Å²) in [5.74, 6) is 4.76. The van der Waals surface area contributed by atoms with Crippen molar-refractivity contribution >= 4 is 51.0 Å². The van der Waals surface area contributed by atoms with Crippen molar-refractivity contribution in [1.29, 1.82) is 0 Å². The zero-order valence-corrected chi connectivity index (χ0v) is 26.0. The van der Waals surface area contributed by atoms with Crippen LogP contribution in [0.1, 0.15) is 136 Å². The van der Waals surface area contributed by atoms with Crippen LogP contribution >= 0.6 is 35.7 Å². The smallest absolute Gasteiger partial charge is 0.185 e. The monoisotopic (exact) mass is 558 g/mol. The zero-order valence-electron chi connectivity index (χ0n) is 23.5. The van der Waals surface area contributed by atoms with E-state index in [4.69, 9.17) is 17.0 Å². The summed E-state index contributed by atoms with van der Waals surface area (Å²) in [6.45, 7) is 5.98. The molecule has 1 saturated carbocycles. The third-order valence-electron chi connectivity index (χ3n) is 7.61. The van der Waals surface area contributed by atoms with Crippen molar-refractivity contribution in [2.24, 2.45) is 17.8 Å². The van der Waals surface area contributed by atoms with E-state index in [9.17, 15) is 9.59 Å². The summed E-state index contributed by atoms with van der Waals surface area (Å²) in [6.07, 6.45) is 23.9. The first kappa shape index (κ1) is 34.0. The van der Waals surface area contributed by atoms with Crippen LogP contribution in [0.5, 0.6) is 0 Å². The maximum atomic E-state index is 11.1. The highest BCUT2D eigenvalue weighted by molar-refractivity contribution is 8.13. The van der Waals surface area contributed by atoms with Gasteiger partial charge < -0.3 is 4.74 Å². The van der Waals surface area contributed by atoms with Gasteiger partial charge in [-0.2, -0.15) is 0 Å². The fourth-order valence-electron chi connectivity index (χ4n) is 5.68. The number of hydrogen-bond acceptors (Lipinski definition) is 6. The van der Waals surface area contributed by atoms with Crippen LogP contribution in [0.2, 0.25) is 0 Å². The summed E-state index contributed by atoms with van der Waals surface area (Å²) in [5.41, 5.74) is 0. The van der Waals surface area contributed by atoms with Gasteiger partial charge in [0.05, 0.1) is 6.61 Å². The first-order valence-electron chi connectivity index (χ1n) is 14.8. The van der Waals surface area contributed by atoms with Crippen LogP contribution in [-0.4, -0.2) is 33.4 Å². The second-order valence-corrected chi connectivity index (χ2v) is 13.9. The van der Waals surface area contributed by atoms with E-state index in [1.807, 2.05) is 6.92 Å². The molecule has 210 valence electrons. The number of ether oxygens (including phenoxy) is 1. The molecule has 0 amide bonds. The quantitative estimate of drug-likeness (QED) is 0.103. The topological polar surface area (TPSA) is 43.4 Å². The van der Waals surface area contributed by atoms with Crippen molar-refractivity contribution in [2.45, 2.75) is 136 Å². The maximum Gasteiger partial charge on any atom is 0.185 e. The molecule has 0 spiro atoms. The molecule has 1 aliphatic rings. The molecule has 1 rings (SSSR count). The SMILES string of the molecule is CC(=O)SCCCCCCC1CCC(CCCCCCOC(C)=S)C[C@@H]1CCCCCCSC(C)=O. The predicted octanol–water partition coefficient (Wildman–Crippen LogP) is 9.79. The van der Waals surface area contributed by atoms with Gasteiger partial charge in [0.2, 0.25) is 0 Å². The van der Waals surface area contributed by atoms with Gasteiger partial charge in [-0.15, -0.1) is 0 Å². The minimum atomic E-state index is 0.252. The van der Waals surface area contributed by atoms with Crippen LogP contribution in [0.25, 0.3) is 0 Å². The normalized spacial score (nSPS) is 19.8. The van der Waals surface area contributed by atoms with E-state index in [2.05, 4.69) is 0 Å². The molecule has 0 heterocycles. The molecule has 0 N–H and O–H groups in total. The highest BCUT2D eigenvalue weighted by Crippen LogP contribution is 2.41. The van der Waals surface area contributed by atoms with Gasteiger partial charge in [-0.05, 0) is 62.1 Å². The Kier molecular flexibility index (Phi) is 21.6. The van der Waals surface area contributed by atoms with E-state index in [-0.39, 0.29) is 10.2 Å². The largest absolute Gasteiger partial charge is 0.487 e. The number of carbonyl (C=O) groups is 2. The van der Waals surface area contributed by atoms with Gasteiger partial charge in [-0.3, -0.25) is 9.59 Å². The second kappa shape index (κ2) is 22.9. The summed E-state index contributed by atoms with van der Waals surface area (Å²) in [6, 6.07) is 0. The second-order valence-electron chi connectivity index (χ2n) is 10.8. The summed E-state index contributed by atoms with van der Waals surface area (Å²) in [5, 5.41) is 1.17. The predicted molar refractivity (Wildman–Crippen MR) is 164 cm³/mol. The van der Waals surface area contributed by atoms with E-state index in [0.29, 0.717) is 5.05 Å². The number of thiocarbonyl (C=S) groups is 1. The molecule has 0 bridgehead atoms. The van der Waals surface area contributed by atoms with Crippen molar-refractivity contribution in [3.05, 3.63) is 0 Å². The van der Waals surface area contributed by atoms with E-state index in [1.54, 1.807) is 13.8 Å². The Hall–Kier alpha value is -0.0700. The lowest BCUT2D eigenvalue weighted by Gasteiger charge is -2.37. The molecular weight excluding hydrogens is 505 g/mol. The minimum absolute atomic E-state index is 0.252. The lowest BCUT2D eigenvalue weighted by atomic mass is 9.69. The summed E-state index contributed by atoms with van der Waals surface area (Å²) >= 11 is 7.94. The van der Waals surface area contributed by atoms with Crippen LogP contribution in [0.15, 0.2) is 0 Å². The average molecular weight is 559 g/mol. The molecule has 0 saturated heterocycles. The van der Waals surface area contributed by atoms with Crippen LogP contribution in [0.3, 0.4) is 0 Å². The molecule has 3 nitrogen and oxygen atoms in total. The molecule has 1 aliphatic carbocycles. The van der Waals surface area contributed by atoms with Gasteiger partial charge in [-0.1, -0.05) is 107 Å². The molecule has 3 atom stereocenters. The third kappa shape index (κ3) is 20.0. The van der Waals surface area contributed by atoms with Crippen LogP contribution in [0, 0.1) is 17.8 Å². The number of rotatable bonds is 21. The molecule has 0 aromatic heterocycles. The van der Waals surface area contributed by atoms with Gasteiger partial charge in [0, 0.05) is 32.3 Å². The Morgan fingerprint density at radius 2 is 1.17 bits per heavy atom. The van der Waals surface area contributed by atoms with Crippen molar-refractivity contribution < 1.29 is 14.3 Å². The third-order valence-corrected chi connectivity index (χ3v) is 9.53. The van der Waals surface area contributed by atoms with E-state index >= 15 is 0 Å². The Morgan fingerprint density at radius 1 is 0.667 bits per heavy atom. The highest BCUT2D eigenvalue weighted by atomic mass is 32.2.